The number of nitrogens with zero attached hydrogens (tertiary/aromatic N) is 1. The number of aliphatic imine (C=N–C) groups is 1. The maximum absolute atomic E-state index is 11.4. The zero-order valence-corrected chi connectivity index (χ0v) is 20.7. The molecule has 0 unspecified atom stereocenters. The third-order valence-electron chi connectivity index (χ3n) is 4.96. The highest BCUT2D eigenvalue weighted by atomic mass is 32.2. The van der Waals surface area contributed by atoms with Crippen LogP contribution in [-0.4, -0.2) is 46.6 Å². The van der Waals surface area contributed by atoms with Crippen molar-refractivity contribution in [2.24, 2.45) is 16.3 Å². The van der Waals surface area contributed by atoms with E-state index in [4.69, 9.17) is 4.74 Å². The van der Waals surface area contributed by atoms with Crippen LogP contribution in [-0.2, 0) is 16.4 Å². The van der Waals surface area contributed by atoms with E-state index in [1.54, 1.807) is 7.05 Å². The van der Waals surface area contributed by atoms with Gasteiger partial charge in [-0.05, 0) is 49.1 Å². The second-order valence-electron chi connectivity index (χ2n) is 9.32. The summed E-state index contributed by atoms with van der Waals surface area (Å²) in [5, 5.41) is 6.65. The van der Waals surface area contributed by atoms with E-state index >= 15 is 0 Å². The van der Waals surface area contributed by atoms with Gasteiger partial charge in [0.1, 0.15) is 15.6 Å². The molecule has 1 aromatic rings. The highest BCUT2D eigenvalue weighted by Gasteiger charge is 2.20. The van der Waals surface area contributed by atoms with E-state index in [9.17, 15) is 8.42 Å². The van der Waals surface area contributed by atoms with Gasteiger partial charge >= 0.3 is 0 Å². The van der Waals surface area contributed by atoms with Crippen LogP contribution in [0.4, 0.5) is 0 Å². The zero-order valence-electron chi connectivity index (χ0n) is 19.8. The number of aryl methyl sites for hydroxylation is 1. The molecule has 0 spiro atoms. The maximum Gasteiger partial charge on any atom is 0.191 e. The number of rotatable bonds is 12. The van der Waals surface area contributed by atoms with E-state index in [1.807, 2.05) is 0 Å². The Morgan fingerprint density at radius 1 is 1.23 bits per heavy atom. The lowest BCUT2D eigenvalue weighted by atomic mass is 9.90. The highest BCUT2D eigenvalue weighted by molar-refractivity contribution is 7.90. The summed E-state index contributed by atoms with van der Waals surface area (Å²) in [5.41, 5.74) is 2.10. The van der Waals surface area contributed by atoms with Crippen LogP contribution >= 0.6 is 0 Å². The summed E-state index contributed by atoms with van der Waals surface area (Å²) in [6.07, 6.45) is 4.08. The van der Waals surface area contributed by atoms with Crippen LogP contribution in [0.2, 0.25) is 0 Å². The Morgan fingerprint density at radius 2 is 1.93 bits per heavy atom. The molecule has 6 nitrogen and oxygen atoms in total. The Morgan fingerprint density at radius 3 is 2.53 bits per heavy atom. The normalized spacial score (nSPS) is 12.9. The molecule has 1 aromatic carbocycles. The number of hydrogen-bond donors (Lipinski definition) is 2. The summed E-state index contributed by atoms with van der Waals surface area (Å²) in [7, 11) is -1.22. The molecular formula is C23H41N3O3S. The van der Waals surface area contributed by atoms with Gasteiger partial charge in [-0.15, -0.1) is 0 Å². The van der Waals surface area contributed by atoms with Crippen molar-refractivity contribution in [3.8, 4) is 5.75 Å². The Balaban J connectivity index is 2.61. The molecule has 0 saturated heterocycles. The van der Waals surface area contributed by atoms with Crippen molar-refractivity contribution in [3.05, 3.63) is 29.3 Å². The summed E-state index contributed by atoms with van der Waals surface area (Å²) < 4.78 is 28.9. The lowest BCUT2D eigenvalue weighted by molar-refractivity contribution is 0.294. The van der Waals surface area contributed by atoms with Crippen LogP contribution in [0.1, 0.15) is 58.1 Å². The quantitative estimate of drug-likeness (QED) is 0.293. The molecule has 0 atom stereocenters. The first kappa shape index (κ1) is 26.3. The number of guanidine groups is 1. The van der Waals surface area contributed by atoms with Crippen molar-refractivity contribution >= 4 is 15.8 Å². The minimum atomic E-state index is -2.96. The molecule has 0 aromatic heterocycles. The number of hydrogen-bond acceptors (Lipinski definition) is 4. The molecule has 0 aliphatic carbocycles. The lowest BCUT2D eigenvalue weighted by Crippen LogP contribution is -2.42. The van der Waals surface area contributed by atoms with Crippen molar-refractivity contribution in [3.63, 3.8) is 0 Å². The van der Waals surface area contributed by atoms with Crippen molar-refractivity contribution in [1.82, 2.24) is 10.6 Å². The second-order valence-corrected chi connectivity index (χ2v) is 11.6. The second kappa shape index (κ2) is 12.2. The topological polar surface area (TPSA) is 79.8 Å². The fourth-order valence-corrected chi connectivity index (χ4v) is 3.81. The average molecular weight is 440 g/mol. The Kier molecular flexibility index (Phi) is 10.7. The first-order valence-corrected chi connectivity index (χ1v) is 12.8. The number of nitrogens with one attached hydrogen (secondary N) is 2. The Hall–Kier alpha value is -1.76. The molecular weight excluding hydrogens is 398 g/mol. The number of ether oxygens (including phenoxy) is 1. The zero-order chi connectivity index (χ0) is 22.8. The third kappa shape index (κ3) is 11.4. The molecule has 1 rings (SSSR count). The molecule has 30 heavy (non-hydrogen) atoms. The average Bonchev–Trinajstić information content (AvgIpc) is 2.64. The predicted octanol–water partition coefficient (Wildman–Crippen LogP) is 3.94. The van der Waals surface area contributed by atoms with Gasteiger partial charge in [-0.25, -0.2) is 8.42 Å². The first-order valence-electron chi connectivity index (χ1n) is 10.8. The van der Waals surface area contributed by atoms with Crippen molar-refractivity contribution < 1.29 is 13.2 Å². The van der Waals surface area contributed by atoms with Crippen molar-refractivity contribution in [2.75, 3.05) is 32.2 Å². The largest absolute Gasteiger partial charge is 0.493 e. The van der Waals surface area contributed by atoms with Crippen LogP contribution in [0.5, 0.6) is 5.75 Å². The van der Waals surface area contributed by atoms with Crippen LogP contribution in [0.3, 0.4) is 0 Å². The molecule has 2 N–H and O–H groups in total. The van der Waals surface area contributed by atoms with Crippen LogP contribution < -0.4 is 15.4 Å². The van der Waals surface area contributed by atoms with Crippen molar-refractivity contribution in [2.45, 2.75) is 60.4 Å². The maximum atomic E-state index is 11.4. The van der Waals surface area contributed by atoms with Gasteiger partial charge in [0.2, 0.25) is 0 Å². The minimum absolute atomic E-state index is 0.157. The molecule has 0 aliphatic rings. The van der Waals surface area contributed by atoms with Gasteiger partial charge in [0, 0.05) is 32.0 Å². The van der Waals surface area contributed by atoms with Gasteiger partial charge in [0.25, 0.3) is 0 Å². The first-order chi connectivity index (χ1) is 13.9. The van der Waals surface area contributed by atoms with Gasteiger partial charge in [0.05, 0.1) is 12.4 Å². The number of sulfone groups is 1. The number of benzene rings is 1. The molecule has 0 fully saturated rings. The van der Waals surface area contributed by atoms with Crippen LogP contribution in [0.15, 0.2) is 23.2 Å². The van der Waals surface area contributed by atoms with E-state index in [-0.39, 0.29) is 11.2 Å². The van der Waals surface area contributed by atoms with Gasteiger partial charge in [-0.3, -0.25) is 4.99 Å². The molecule has 0 radical (unpaired) electrons. The summed E-state index contributed by atoms with van der Waals surface area (Å²) >= 11 is 0. The summed E-state index contributed by atoms with van der Waals surface area (Å²) in [4.78, 5) is 4.29. The van der Waals surface area contributed by atoms with Gasteiger partial charge in [-0.2, -0.15) is 0 Å². The molecule has 0 bridgehead atoms. The Bertz CT molecular complexity index is 787. The molecule has 7 heteroatoms. The predicted molar refractivity (Wildman–Crippen MR) is 127 cm³/mol. The fraction of sp³-hybridized carbons (Fsp3) is 0.696. The monoisotopic (exact) mass is 439 g/mol. The molecule has 172 valence electrons. The van der Waals surface area contributed by atoms with E-state index in [0.29, 0.717) is 31.4 Å². The van der Waals surface area contributed by atoms with Crippen molar-refractivity contribution in [1.29, 1.82) is 0 Å². The molecule has 0 aliphatic heterocycles. The molecule has 0 saturated carbocycles. The fourth-order valence-electron chi connectivity index (χ4n) is 2.89. The van der Waals surface area contributed by atoms with E-state index in [2.05, 4.69) is 68.4 Å². The smallest absolute Gasteiger partial charge is 0.191 e. The van der Waals surface area contributed by atoms with Gasteiger partial charge in [-0.1, -0.05) is 39.8 Å². The Labute approximate surface area is 183 Å². The minimum Gasteiger partial charge on any atom is -0.493 e. The molecule has 0 heterocycles. The van der Waals surface area contributed by atoms with E-state index < -0.39 is 9.84 Å². The van der Waals surface area contributed by atoms with Gasteiger partial charge in [0.15, 0.2) is 5.96 Å². The summed E-state index contributed by atoms with van der Waals surface area (Å²) in [6, 6.07) is 6.25. The standard InChI is InChI=1S/C23H41N3O3S/c1-18(2)9-8-13-29-21-15-19(3)10-11-20(21)16-25-22(24-6)26-17-23(4,5)12-14-30(7,27)28/h10-11,15,18H,8-9,12-14,16-17H2,1-7H3,(H2,24,25,26). The van der Waals surface area contributed by atoms with E-state index in [1.165, 1.54) is 11.8 Å². The summed E-state index contributed by atoms with van der Waals surface area (Å²) in [6.45, 7) is 12.6. The van der Waals surface area contributed by atoms with E-state index in [0.717, 1.165) is 30.8 Å². The SMILES string of the molecule is CN=C(NCc1ccc(C)cc1OCCCC(C)C)NCC(C)(C)CCS(C)(=O)=O. The van der Waals surface area contributed by atoms with Crippen LogP contribution in [0.25, 0.3) is 0 Å². The molecule has 0 amide bonds. The highest BCUT2D eigenvalue weighted by Crippen LogP contribution is 2.22. The van der Waals surface area contributed by atoms with Crippen LogP contribution in [0, 0.1) is 18.3 Å². The lowest BCUT2D eigenvalue weighted by Gasteiger charge is -2.26. The summed E-state index contributed by atoms with van der Waals surface area (Å²) in [5.74, 6) is 2.47. The van der Waals surface area contributed by atoms with Gasteiger partial charge < -0.3 is 15.4 Å². The third-order valence-corrected chi connectivity index (χ3v) is 5.91.